The van der Waals surface area contributed by atoms with Crippen molar-refractivity contribution in [1.82, 2.24) is 24.1 Å². The zero-order valence-corrected chi connectivity index (χ0v) is 16.9. The normalized spacial score (nSPS) is 15.0. The Morgan fingerprint density at radius 3 is 2.71 bits per heavy atom. The molecule has 28 heavy (non-hydrogen) atoms. The van der Waals surface area contributed by atoms with E-state index in [2.05, 4.69) is 10.1 Å². The van der Waals surface area contributed by atoms with Crippen LogP contribution in [-0.4, -0.2) is 38.3 Å². The molecule has 0 unspecified atom stereocenters. The van der Waals surface area contributed by atoms with Crippen LogP contribution in [0.1, 0.15) is 36.9 Å². The molecule has 7 nitrogen and oxygen atoms in total. The smallest absolute Gasteiger partial charge is 0.182 e. The maximum Gasteiger partial charge on any atom is 0.182 e. The molecule has 0 radical (unpaired) electrons. The van der Waals surface area contributed by atoms with Gasteiger partial charge in [0, 0.05) is 18.9 Å². The van der Waals surface area contributed by atoms with Crippen LogP contribution in [0.3, 0.4) is 0 Å². The van der Waals surface area contributed by atoms with Gasteiger partial charge in [-0.3, -0.25) is 4.98 Å². The minimum atomic E-state index is -3.49. The Kier molecular flexibility index (Phi) is 3.64. The molecule has 1 fully saturated rings. The molecular weight excluding hydrogens is 374 g/mol. The summed E-state index contributed by atoms with van der Waals surface area (Å²) in [4.78, 5) is 9.29. The molecule has 0 saturated heterocycles. The van der Waals surface area contributed by atoms with Crippen LogP contribution in [0.2, 0.25) is 0 Å². The van der Waals surface area contributed by atoms with Gasteiger partial charge in [0.25, 0.3) is 0 Å². The zero-order valence-electron chi connectivity index (χ0n) is 16.0. The Morgan fingerprint density at radius 1 is 1.21 bits per heavy atom. The van der Waals surface area contributed by atoms with E-state index < -0.39 is 9.84 Å². The summed E-state index contributed by atoms with van der Waals surface area (Å²) in [6, 6.07) is 5.80. The average Bonchev–Trinajstić information content (AvgIpc) is 3.37. The van der Waals surface area contributed by atoms with Crippen molar-refractivity contribution in [3.8, 4) is 11.5 Å². The van der Waals surface area contributed by atoms with Crippen molar-refractivity contribution in [2.45, 2.75) is 37.5 Å². The van der Waals surface area contributed by atoms with E-state index in [1.165, 1.54) is 18.4 Å². The summed E-state index contributed by atoms with van der Waals surface area (Å²) in [5, 5.41) is 4.68. The van der Waals surface area contributed by atoms with Crippen molar-refractivity contribution >= 4 is 26.4 Å². The van der Waals surface area contributed by atoms with E-state index in [0.717, 1.165) is 16.7 Å². The molecule has 0 N–H and O–H groups in total. The molecular formula is C20H21N5O2S. The molecule has 8 heteroatoms. The topological polar surface area (TPSA) is 82.1 Å². The molecule has 0 aromatic carbocycles. The Bertz CT molecular complexity index is 1350. The molecule has 0 aliphatic heterocycles. The highest BCUT2D eigenvalue weighted by Gasteiger charge is 2.30. The second-order valence-corrected chi connectivity index (χ2v) is 9.67. The van der Waals surface area contributed by atoms with Crippen LogP contribution in [-0.2, 0) is 16.9 Å². The summed E-state index contributed by atoms with van der Waals surface area (Å²) in [7, 11) is -1.63. The number of hydrogen-bond donors (Lipinski definition) is 0. The van der Waals surface area contributed by atoms with Gasteiger partial charge in [-0.25, -0.2) is 17.9 Å². The molecule has 0 spiro atoms. The van der Waals surface area contributed by atoms with Gasteiger partial charge >= 0.3 is 0 Å². The fraction of sp³-hybridized carbons (Fsp3) is 0.350. The van der Waals surface area contributed by atoms with E-state index in [1.807, 2.05) is 42.9 Å². The molecule has 1 aliphatic carbocycles. The van der Waals surface area contributed by atoms with Gasteiger partial charge in [-0.1, -0.05) is 13.0 Å². The quantitative estimate of drug-likeness (QED) is 0.530. The van der Waals surface area contributed by atoms with Gasteiger partial charge < -0.3 is 4.57 Å². The summed E-state index contributed by atoms with van der Waals surface area (Å²) >= 11 is 0. The van der Waals surface area contributed by atoms with Crippen molar-refractivity contribution in [1.29, 1.82) is 0 Å². The van der Waals surface area contributed by atoms with Crippen molar-refractivity contribution in [2.24, 2.45) is 7.05 Å². The van der Waals surface area contributed by atoms with Crippen LogP contribution in [0.5, 0.6) is 0 Å². The molecule has 4 heterocycles. The lowest BCUT2D eigenvalue weighted by atomic mass is 10.2. The number of sulfone groups is 1. The predicted molar refractivity (Wildman–Crippen MR) is 107 cm³/mol. The van der Waals surface area contributed by atoms with E-state index >= 15 is 0 Å². The van der Waals surface area contributed by atoms with Gasteiger partial charge in [0.1, 0.15) is 10.6 Å². The van der Waals surface area contributed by atoms with Gasteiger partial charge in [-0.2, -0.15) is 5.10 Å². The molecule has 144 valence electrons. The fourth-order valence-electron chi connectivity index (χ4n) is 3.70. The van der Waals surface area contributed by atoms with Crippen LogP contribution in [0, 0.1) is 6.92 Å². The van der Waals surface area contributed by atoms with Gasteiger partial charge in [0.05, 0.1) is 28.5 Å². The summed E-state index contributed by atoms with van der Waals surface area (Å²) < 4.78 is 29.5. The van der Waals surface area contributed by atoms with E-state index in [-0.39, 0.29) is 10.6 Å². The third kappa shape index (κ3) is 2.55. The molecule has 1 saturated carbocycles. The Labute approximate surface area is 163 Å². The Morgan fingerprint density at radius 2 is 2.00 bits per heavy atom. The Hall–Kier alpha value is -2.74. The SMILES string of the molecule is CCS(=O)(=O)c1c(-c2nc3cc(C)ncc3n2C)nn2cc(C3CC3)ccc12. The second kappa shape index (κ2) is 5.88. The fourth-order valence-corrected chi connectivity index (χ4v) is 4.89. The number of hydrogen-bond acceptors (Lipinski definition) is 5. The maximum atomic E-state index is 13.0. The lowest BCUT2D eigenvalue weighted by molar-refractivity contribution is 0.598. The van der Waals surface area contributed by atoms with Crippen molar-refractivity contribution in [3.63, 3.8) is 0 Å². The van der Waals surface area contributed by atoms with Crippen LogP contribution in [0.15, 0.2) is 35.5 Å². The first-order valence-corrected chi connectivity index (χ1v) is 11.1. The maximum absolute atomic E-state index is 13.0. The Balaban J connectivity index is 1.83. The number of pyridine rings is 2. The largest absolute Gasteiger partial charge is 0.324 e. The standard InChI is InChI=1S/C20H21N5O2S/c1-4-28(26,27)19-16-8-7-14(13-5-6-13)11-25(16)23-18(19)20-22-15-9-12(2)21-10-17(15)24(20)3/h7-11,13H,4-6H2,1-3H3. The van der Waals surface area contributed by atoms with Gasteiger partial charge in [0.2, 0.25) is 0 Å². The van der Waals surface area contributed by atoms with Crippen LogP contribution in [0.25, 0.3) is 28.1 Å². The highest BCUT2D eigenvalue weighted by atomic mass is 32.2. The van der Waals surface area contributed by atoms with Gasteiger partial charge in [-0.15, -0.1) is 0 Å². The first-order chi connectivity index (χ1) is 13.4. The molecule has 0 bridgehead atoms. The monoisotopic (exact) mass is 395 g/mol. The lowest BCUT2D eigenvalue weighted by Crippen LogP contribution is -2.06. The van der Waals surface area contributed by atoms with E-state index in [9.17, 15) is 8.42 Å². The van der Waals surface area contributed by atoms with Crippen LogP contribution >= 0.6 is 0 Å². The summed E-state index contributed by atoms with van der Waals surface area (Å²) in [5.74, 6) is 1.11. The van der Waals surface area contributed by atoms with Crippen molar-refractivity contribution in [3.05, 3.63) is 41.9 Å². The third-order valence-corrected chi connectivity index (χ3v) is 7.25. The highest BCUT2D eigenvalue weighted by molar-refractivity contribution is 7.91. The molecule has 4 aromatic heterocycles. The van der Waals surface area contributed by atoms with E-state index in [4.69, 9.17) is 4.98 Å². The number of nitrogens with zero attached hydrogens (tertiary/aromatic N) is 5. The number of aromatic nitrogens is 5. The van der Waals surface area contributed by atoms with Crippen LogP contribution in [0.4, 0.5) is 0 Å². The zero-order chi connectivity index (χ0) is 19.6. The lowest BCUT2D eigenvalue weighted by Gasteiger charge is -2.04. The number of aryl methyl sites for hydroxylation is 2. The van der Waals surface area contributed by atoms with Crippen molar-refractivity contribution in [2.75, 3.05) is 5.75 Å². The summed E-state index contributed by atoms with van der Waals surface area (Å²) in [6.45, 7) is 3.56. The van der Waals surface area contributed by atoms with E-state index in [0.29, 0.717) is 23.0 Å². The second-order valence-electron chi connectivity index (χ2n) is 7.46. The van der Waals surface area contributed by atoms with Crippen LogP contribution < -0.4 is 0 Å². The van der Waals surface area contributed by atoms with Crippen molar-refractivity contribution < 1.29 is 8.42 Å². The predicted octanol–water partition coefficient (Wildman–Crippen LogP) is 3.26. The van der Waals surface area contributed by atoms with Gasteiger partial charge in [0.15, 0.2) is 15.7 Å². The number of fused-ring (bicyclic) bond motifs is 2. The first kappa shape index (κ1) is 17.4. The first-order valence-electron chi connectivity index (χ1n) is 9.43. The third-order valence-electron chi connectivity index (χ3n) is 5.46. The molecule has 0 amide bonds. The molecule has 5 rings (SSSR count). The number of imidazole rings is 1. The van der Waals surface area contributed by atoms with E-state index in [1.54, 1.807) is 17.6 Å². The molecule has 1 aliphatic rings. The minimum absolute atomic E-state index is 0.0103. The summed E-state index contributed by atoms with van der Waals surface area (Å²) in [5.41, 5.74) is 4.68. The summed E-state index contributed by atoms with van der Waals surface area (Å²) in [6.07, 6.45) is 6.07. The average molecular weight is 395 g/mol. The highest BCUT2D eigenvalue weighted by Crippen LogP contribution is 2.41. The number of rotatable bonds is 4. The molecule has 4 aromatic rings. The molecule has 0 atom stereocenters. The minimum Gasteiger partial charge on any atom is -0.324 e. The van der Waals surface area contributed by atoms with Gasteiger partial charge in [-0.05, 0) is 43.4 Å².